The fraction of sp³-hybridized carbons (Fsp3) is 0.100. The molecule has 4 aromatic rings. The van der Waals surface area contributed by atoms with Crippen molar-refractivity contribution in [1.82, 2.24) is 19.9 Å². The van der Waals surface area contributed by atoms with Crippen molar-refractivity contribution in [2.75, 3.05) is 0 Å². The van der Waals surface area contributed by atoms with Crippen LogP contribution in [0.15, 0.2) is 76.2 Å². The number of sulfonamides is 1. The van der Waals surface area contributed by atoms with Gasteiger partial charge in [-0.15, -0.1) is 10.2 Å². The molecular formula is C20H18N4O3S. The lowest BCUT2D eigenvalue weighted by atomic mass is 10.1. The van der Waals surface area contributed by atoms with Crippen molar-refractivity contribution >= 4 is 10.0 Å². The van der Waals surface area contributed by atoms with E-state index in [1.807, 2.05) is 61.5 Å². The molecule has 2 aromatic carbocycles. The van der Waals surface area contributed by atoms with E-state index in [-0.39, 0.29) is 17.3 Å². The van der Waals surface area contributed by atoms with Gasteiger partial charge in [0.25, 0.3) is 5.89 Å². The smallest absolute Gasteiger partial charge is 0.264 e. The van der Waals surface area contributed by atoms with E-state index in [0.29, 0.717) is 11.6 Å². The van der Waals surface area contributed by atoms with Gasteiger partial charge < -0.3 is 9.40 Å². The number of aromatic amines is 1. The van der Waals surface area contributed by atoms with Gasteiger partial charge in [-0.2, -0.15) is 0 Å². The third-order valence-electron chi connectivity index (χ3n) is 4.19. The summed E-state index contributed by atoms with van der Waals surface area (Å²) < 4.78 is 33.4. The summed E-state index contributed by atoms with van der Waals surface area (Å²) >= 11 is 0. The molecule has 0 radical (unpaired) electrons. The van der Waals surface area contributed by atoms with Crippen LogP contribution < -0.4 is 4.72 Å². The van der Waals surface area contributed by atoms with Crippen molar-refractivity contribution in [2.24, 2.45) is 0 Å². The van der Waals surface area contributed by atoms with Gasteiger partial charge in [0.1, 0.15) is 10.6 Å². The third kappa shape index (κ3) is 3.88. The molecular weight excluding hydrogens is 376 g/mol. The SMILES string of the molecule is Cc1cccc(CNS(=O)(=O)c2c[nH]c(-c3nnc(-c4ccccc4)o3)c2)c1. The zero-order chi connectivity index (χ0) is 19.6. The number of nitrogens with zero attached hydrogens (tertiary/aromatic N) is 2. The maximum atomic E-state index is 12.6. The maximum absolute atomic E-state index is 12.6. The predicted octanol–water partition coefficient (Wildman–Crippen LogP) is 3.52. The monoisotopic (exact) mass is 394 g/mol. The average molecular weight is 394 g/mol. The summed E-state index contributed by atoms with van der Waals surface area (Å²) in [6.45, 7) is 2.17. The van der Waals surface area contributed by atoms with Gasteiger partial charge in [0, 0.05) is 18.3 Å². The molecule has 0 aliphatic carbocycles. The summed E-state index contributed by atoms with van der Waals surface area (Å²) in [4.78, 5) is 2.99. The Morgan fingerprint density at radius 1 is 1.00 bits per heavy atom. The van der Waals surface area contributed by atoms with Crippen LogP contribution in [0.25, 0.3) is 23.0 Å². The zero-order valence-corrected chi connectivity index (χ0v) is 15.9. The molecule has 142 valence electrons. The highest BCUT2D eigenvalue weighted by Crippen LogP contribution is 2.24. The Morgan fingerprint density at radius 2 is 1.79 bits per heavy atom. The van der Waals surface area contributed by atoms with E-state index in [4.69, 9.17) is 4.42 Å². The van der Waals surface area contributed by atoms with Crippen LogP contribution in [-0.2, 0) is 16.6 Å². The summed E-state index contributed by atoms with van der Waals surface area (Å²) in [5, 5.41) is 8.02. The Kier molecular flexibility index (Phi) is 4.81. The number of rotatable bonds is 6. The van der Waals surface area contributed by atoms with E-state index in [0.717, 1.165) is 16.7 Å². The Labute approximate surface area is 162 Å². The third-order valence-corrected chi connectivity index (χ3v) is 5.57. The normalized spacial score (nSPS) is 11.6. The van der Waals surface area contributed by atoms with Crippen molar-refractivity contribution in [3.8, 4) is 23.0 Å². The molecule has 2 N–H and O–H groups in total. The van der Waals surface area contributed by atoms with E-state index in [1.54, 1.807) is 0 Å². The van der Waals surface area contributed by atoms with Gasteiger partial charge in [-0.25, -0.2) is 13.1 Å². The topological polar surface area (TPSA) is 101 Å². The Morgan fingerprint density at radius 3 is 2.57 bits per heavy atom. The second kappa shape index (κ2) is 7.41. The summed E-state index contributed by atoms with van der Waals surface area (Å²) in [7, 11) is -3.67. The number of hydrogen-bond acceptors (Lipinski definition) is 5. The van der Waals surface area contributed by atoms with Crippen LogP contribution in [0.1, 0.15) is 11.1 Å². The highest BCUT2D eigenvalue weighted by Gasteiger charge is 2.19. The van der Waals surface area contributed by atoms with Crippen LogP contribution in [0.4, 0.5) is 0 Å². The molecule has 2 aromatic heterocycles. The molecule has 0 aliphatic rings. The summed E-state index contributed by atoms with van der Waals surface area (Å²) in [5.74, 6) is 0.589. The lowest BCUT2D eigenvalue weighted by Crippen LogP contribution is -2.22. The van der Waals surface area contributed by atoms with Crippen LogP contribution in [0, 0.1) is 6.92 Å². The minimum atomic E-state index is -3.67. The molecule has 0 bridgehead atoms. The van der Waals surface area contributed by atoms with E-state index < -0.39 is 10.0 Å². The quantitative estimate of drug-likeness (QED) is 0.521. The van der Waals surface area contributed by atoms with Gasteiger partial charge in [-0.1, -0.05) is 48.0 Å². The van der Waals surface area contributed by atoms with E-state index in [9.17, 15) is 8.42 Å². The standard InChI is InChI=1S/C20H18N4O3S/c1-14-6-5-7-15(10-14)12-22-28(25,26)17-11-18(21-13-17)20-24-23-19(27-20)16-8-3-2-4-9-16/h2-11,13,21-22H,12H2,1H3. The molecule has 0 fully saturated rings. The molecule has 0 unspecified atom stereocenters. The molecule has 4 rings (SSSR count). The van der Waals surface area contributed by atoms with Gasteiger partial charge in [0.05, 0.1) is 0 Å². The molecule has 2 heterocycles. The second-order valence-corrected chi connectivity index (χ2v) is 8.11. The molecule has 28 heavy (non-hydrogen) atoms. The van der Waals surface area contributed by atoms with Crippen molar-refractivity contribution in [3.63, 3.8) is 0 Å². The second-order valence-electron chi connectivity index (χ2n) is 6.34. The minimum absolute atomic E-state index is 0.106. The number of hydrogen-bond donors (Lipinski definition) is 2. The molecule has 0 saturated heterocycles. The minimum Gasteiger partial charge on any atom is -0.415 e. The van der Waals surface area contributed by atoms with Crippen molar-refractivity contribution < 1.29 is 12.8 Å². The summed E-state index contributed by atoms with van der Waals surface area (Å²) in [6, 6.07) is 18.5. The number of H-pyrrole nitrogens is 1. The fourth-order valence-corrected chi connectivity index (χ4v) is 3.78. The zero-order valence-electron chi connectivity index (χ0n) is 15.1. The number of aromatic nitrogens is 3. The van der Waals surface area contributed by atoms with Crippen LogP contribution in [-0.4, -0.2) is 23.6 Å². The molecule has 7 nitrogen and oxygen atoms in total. The van der Waals surface area contributed by atoms with Crippen LogP contribution in [0.3, 0.4) is 0 Å². The molecule has 0 saturated carbocycles. The largest absolute Gasteiger partial charge is 0.415 e. The van der Waals surface area contributed by atoms with Gasteiger partial charge in [-0.05, 0) is 30.7 Å². The van der Waals surface area contributed by atoms with Crippen LogP contribution in [0.5, 0.6) is 0 Å². The van der Waals surface area contributed by atoms with E-state index in [2.05, 4.69) is 19.9 Å². The highest BCUT2D eigenvalue weighted by atomic mass is 32.2. The number of aryl methyl sites for hydroxylation is 1. The fourth-order valence-electron chi connectivity index (χ4n) is 2.77. The van der Waals surface area contributed by atoms with Crippen LogP contribution >= 0.6 is 0 Å². The summed E-state index contributed by atoms with van der Waals surface area (Å²) in [6.07, 6.45) is 1.40. The van der Waals surface area contributed by atoms with E-state index in [1.165, 1.54) is 12.3 Å². The van der Waals surface area contributed by atoms with Crippen molar-refractivity contribution in [3.05, 3.63) is 78.0 Å². The number of benzene rings is 2. The van der Waals surface area contributed by atoms with Gasteiger partial charge in [-0.3, -0.25) is 0 Å². The molecule has 0 aliphatic heterocycles. The average Bonchev–Trinajstić information content (AvgIpc) is 3.37. The van der Waals surface area contributed by atoms with Crippen LogP contribution in [0.2, 0.25) is 0 Å². The van der Waals surface area contributed by atoms with Crippen molar-refractivity contribution in [2.45, 2.75) is 18.4 Å². The lowest BCUT2D eigenvalue weighted by Gasteiger charge is -2.05. The van der Waals surface area contributed by atoms with Gasteiger partial charge in [0.2, 0.25) is 15.9 Å². The Bertz CT molecular complexity index is 1200. The Balaban J connectivity index is 1.51. The molecule has 0 spiro atoms. The lowest BCUT2D eigenvalue weighted by molar-refractivity contribution is 0.581. The summed E-state index contributed by atoms with van der Waals surface area (Å²) in [5.41, 5.74) is 3.20. The predicted molar refractivity (Wildman–Crippen MR) is 105 cm³/mol. The highest BCUT2D eigenvalue weighted by molar-refractivity contribution is 7.89. The van der Waals surface area contributed by atoms with Gasteiger partial charge >= 0.3 is 0 Å². The number of nitrogens with one attached hydrogen (secondary N) is 2. The van der Waals surface area contributed by atoms with Crippen molar-refractivity contribution in [1.29, 1.82) is 0 Å². The first kappa shape index (κ1) is 18.1. The molecule has 0 amide bonds. The first-order valence-electron chi connectivity index (χ1n) is 8.64. The molecule has 8 heteroatoms. The first-order valence-corrected chi connectivity index (χ1v) is 10.1. The van der Waals surface area contributed by atoms with E-state index >= 15 is 0 Å². The van der Waals surface area contributed by atoms with Gasteiger partial charge in [0.15, 0.2) is 0 Å². The maximum Gasteiger partial charge on any atom is 0.264 e. The first-order chi connectivity index (χ1) is 13.5. The Hall–Kier alpha value is -3.23. The molecule has 0 atom stereocenters.